The van der Waals surface area contributed by atoms with Gasteiger partial charge in [0.15, 0.2) is 0 Å². The van der Waals surface area contributed by atoms with E-state index in [0.29, 0.717) is 6.04 Å². The van der Waals surface area contributed by atoms with Crippen molar-refractivity contribution in [3.63, 3.8) is 0 Å². The maximum Gasteiger partial charge on any atom is 0.0411 e. The van der Waals surface area contributed by atoms with Crippen LogP contribution in [0.3, 0.4) is 0 Å². The lowest BCUT2D eigenvalue weighted by Gasteiger charge is -2.32. The van der Waals surface area contributed by atoms with E-state index in [1.54, 1.807) is 0 Å². The normalized spacial score (nSPS) is 12.5. The first kappa shape index (κ1) is 12.1. The van der Waals surface area contributed by atoms with Crippen LogP contribution in [-0.2, 0) is 0 Å². The first-order chi connectivity index (χ1) is 7.33. The number of para-hydroxylation sites is 1. The van der Waals surface area contributed by atoms with Gasteiger partial charge in [-0.05, 0) is 32.5 Å². The van der Waals surface area contributed by atoms with Crippen molar-refractivity contribution < 1.29 is 0 Å². The van der Waals surface area contributed by atoms with E-state index in [1.165, 1.54) is 12.1 Å². The number of hydrogen-bond donors (Lipinski definition) is 1. The molecule has 15 heavy (non-hydrogen) atoms. The fourth-order valence-electron chi connectivity index (χ4n) is 1.98. The van der Waals surface area contributed by atoms with Crippen LogP contribution >= 0.6 is 0 Å². The topological polar surface area (TPSA) is 15.3 Å². The van der Waals surface area contributed by atoms with E-state index in [9.17, 15) is 0 Å². The van der Waals surface area contributed by atoms with Gasteiger partial charge >= 0.3 is 0 Å². The quantitative estimate of drug-likeness (QED) is 0.769. The fourth-order valence-corrected chi connectivity index (χ4v) is 1.98. The summed E-state index contributed by atoms with van der Waals surface area (Å²) in [5, 5.41) is 3.26. The average molecular weight is 206 g/mol. The Morgan fingerprint density at radius 1 is 1.20 bits per heavy atom. The van der Waals surface area contributed by atoms with Gasteiger partial charge in [0.05, 0.1) is 0 Å². The molecule has 1 N–H and O–H groups in total. The van der Waals surface area contributed by atoms with Crippen LogP contribution in [-0.4, -0.2) is 26.2 Å². The summed E-state index contributed by atoms with van der Waals surface area (Å²) in [7, 11) is 2.02. The van der Waals surface area contributed by atoms with Crippen LogP contribution < -0.4 is 10.2 Å². The predicted molar refractivity (Wildman–Crippen MR) is 67.5 cm³/mol. The number of benzene rings is 1. The van der Waals surface area contributed by atoms with E-state index in [1.807, 2.05) is 7.05 Å². The second kappa shape index (κ2) is 6.46. The molecule has 0 saturated heterocycles. The molecule has 0 fully saturated rings. The number of nitrogens with zero attached hydrogens (tertiary/aromatic N) is 1. The lowest BCUT2D eigenvalue weighted by Crippen LogP contribution is -2.41. The molecule has 1 atom stereocenters. The Morgan fingerprint density at radius 3 is 2.33 bits per heavy atom. The van der Waals surface area contributed by atoms with Gasteiger partial charge in [-0.2, -0.15) is 0 Å². The molecule has 0 bridgehead atoms. The van der Waals surface area contributed by atoms with Crippen molar-refractivity contribution in [2.24, 2.45) is 0 Å². The molecule has 84 valence electrons. The zero-order valence-corrected chi connectivity index (χ0v) is 10.0. The van der Waals surface area contributed by atoms with Crippen molar-refractivity contribution in [1.29, 1.82) is 0 Å². The fraction of sp³-hybridized carbons (Fsp3) is 0.538. The van der Waals surface area contributed by atoms with Crippen LogP contribution in [0.1, 0.15) is 20.3 Å². The molecule has 0 aliphatic heterocycles. The molecule has 1 unspecified atom stereocenters. The second-order valence-electron chi connectivity index (χ2n) is 3.74. The largest absolute Gasteiger partial charge is 0.368 e. The van der Waals surface area contributed by atoms with Gasteiger partial charge < -0.3 is 10.2 Å². The molecule has 0 aliphatic carbocycles. The Morgan fingerprint density at radius 2 is 1.87 bits per heavy atom. The second-order valence-corrected chi connectivity index (χ2v) is 3.74. The summed E-state index contributed by atoms with van der Waals surface area (Å²) in [4.78, 5) is 2.45. The molecular weight excluding hydrogens is 184 g/mol. The lowest BCUT2D eigenvalue weighted by atomic mass is 10.1. The Kier molecular flexibility index (Phi) is 5.19. The molecule has 0 aliphatic rings. The first-order valence-electron chi connectivity index (χ1n) is 5.79. The molecule has 0 spiro atoms. The molecule has 1 rings (SSSR count). The van der Waals surface area contributed by atoms with Crippen molar-refractivity contribution in [2.45, 2.75) is 26.3 Å². The summed E-state index contributed by atoms with van der Waals surface area (Å²) >= 11 is 0. The monoisotopic (exact) mass is 206 g/mol. The molecule has 1 aromatic rings. The molecule has 2 heteroatoms. The Hall–Kier alpha value is -1.02. The van der Waals surface area contributed by atoms with Crippen molar-refractivity contribution in [2.75, 3.05) is 25.0 Å². The van der Waals surface area contributed by atoms with Crippen LogP contribution in [0.2, 0.25) is 0 Å². The molecule has 0 aromatic heterocycles. The van der Waals surface area contributed by atoms with E-state index in [2.05, 4.69) is 54.4 Å². The van der Waals surface area contributed by atoms with E-state index in [4.69, 9.17) is 0 Å². The highest BCUT2D eigenvalue weighted by molar-refractivity contribution is 5.46. The lowest BCUT2D eigenvalue weighted by molar-refractivity contribution is 0.551. The Labute approximate surface area is 93.3 Å². The maximum absolute atomic E-state index is 3.26. The zero-order chi connectivity index (χ0) is 11.1. The minimum atomic E-state index is 0.586. The SMILES string of the molecule is CCC(CNC)N(CC)c1ccccc1. The van der Waals surface area contributed by atoms with Gasteiger partial charge in [-0.25, -0.2) is 0 Å². The van der Waals surface area contributed by atoms with Crippen LogP contribution in [0, 0.1) is 0 Å². The van der Waals surface area contributed by atoms with Gasteiger partial charge in [0.25, 0.3) is 0 Å². The summed E-state index contributed by atoms with van der Waals surface area (Å²) < 4.78 is 0. The third-order valence-electron chi connectivity index (χ3n) is 2.78. The summed E-state index contributed by atoms with van der Waals surface area (Å²) in [6.45, 7) is 6.56. The number of rotatable bonds is 6. The Bertz CT molecular complexity index is 258. The third-order valence-corrected chi connectivity index (χ3v) is 2.78. The average Bonchev–Trinajstić information content (AvgIpc) is 2.30. The third kappa shape index (κ3) is 3.24. The van der Waals surface area contributed by atoms with Gasteiger partial charge in [-0.15, -0.1) is 0 Å². The highest BCUT2D eigenvalue weighted by Crippen LogP contribution is 2.17. The summed E-state index contributed by atoms with van der Waals surface area (Å²) in [6, 6.07) is 11.2. The van der Waals surface area contributed by atoms with Crippen LogP contribution in [0.15, 0.2) is 30.3 Å². The molecular formula is C13H22N2. The van der Waals surface area contributed by atoms with E-state index >= 15 is 0 Å². The molecule has 0 amide bonds. The number of hydrogen-bond acceptors (Lipinski definition) is 2. The summed E-state index contributed by atoms with van der Waals surface area (Å²) in [5.41, 5.74) is 1.32. The van der Waals surface area contributed by atoms with E-state index in [0.717, 1.165) is 13.1 Å². The highest BCUT2D eigenvalue weighted by atomic mass is 15.2. The van der Waals surface area contributed by atoms with Gasteiger partial charge in [-0.1, -0.05) is 25.1 Å². The summed E-state index contributed by atoms with van der Waals surface area (Å²) in [6.07, 6.45) is 1.17. The number of nitrogens with one attached hydrogen (secondary N) is 1. The van der Waals surface area contributed by atoms with E-state index < -0.39 is 0 Å². The van der Waals surface area contributed by atoms with Crippen LogP contribution in [0.4, 0.5) is 5.69 Å². The van der Waals surface area contributed by atoms with Gasteiger partial charge in [0, 0.05) is 24.8 Å². The number of likely N-dealkylation sites (N-methyl/N-ethyl adjacent to an activating group) is 2. The van der Waals surface area contributed by atoms with Crippen molar-refractivity contribution in [1.82, 2.24) is 5.32 Å². The maximum atomic E-state index is 3.26. The van der Waals surface area contributed by atoms with Gasteiger partial charge in [-0.3, -0.25) is 0 Å². The number of anilines is 1. The Balaban J connectivity index is 2.77. The predicted octanol–water partition coefficient (Wildman–Crippen LogP) is 2.51. The highest BCUT2D eigenvalue weighted by Gasteiger charge is 2.14. The van der Waals surface area contributed by atoms with Gasteiger partial charge in [0.1, 0.15) is 0 Å². The van der Waals surface area contributed by atoms with Crippen molar-refractivity contribution >= 4 is 5.69 Å². The van der Waals surface area contributed by atoms with Crippen LogP contribution in [0.5, 0.6) is 0 Å². The van der Waals surface area contributed by atoms with Gasteiger partial charge in [0.2, 0.25) is 0 Å². The van der Waals surface area contributed by atoms with Crippen LogP contribution in [0.25, 0.3) is 0 Å². The summed E-state index contributed by atoms with van der Waals surface area (Å²) in [5.74, 6) is 0. The van der Waals surface area contributed by atoms with Crippen molar-refractivity contribution in [3.8, 4) is 0 Å². The van der Waals surface area contributed by atoms with Crippen molar-refractivity contribution in [3.05, 3.63) is 30.3 Å². The minimum absolute atomic E-state index is 0.586. The molecule has 0 radical (unpaired) electrons. The van der Waals surface area contributed by atoms with E-state index in [-0.39, 0.29) is 0 Å². The molecule has 2 nitrogen and oxygen atoms in total. The minimum Gasteiger partial charge on any atom is -0.368 e. The molecule has 0 heterocycles. The zero-order valence-electron chi connectivity index (χ0n) is 10.0. The molecule has 0 saturated carbocycles. The standard InChI is InChI=1S/C13H22N2/c1-4-12(11-14-3)15(5-2)13-9-7-6-8-10-13/h6-10,12,14H,4-5,11H2,1-3H3. The molecule has 1 aromatic carbocycles. The smallest absolute Gasteiger partial charge is 0.0411 e. The first-order valence-corrected chi connectivity index (χ1v) is 5.79.